The molecule has 0 N–H and O–H groups in total. The van der Waals surface area contributed by atoms with Crippen LogP contribution in [0.15, 0.2) is 0 Å². The SMILES string of the molecule is CCCN1CCOC[C@H]1C(C)C. The van der Waals surface area contributed by atoms with Crippen LogP contribution in [0.1, 0.15) is 27.2 Å². The van der Waals surface area contributed by atoms with Crippen molar-refractivity contribution >= 4 is 0 Å². The van der Waals surface area contributed by atoms with Gasteiger partial charge in [-0.05, 0) is 18.9 Å². The van der Waals surface area contributed by atoms with Crippen molar-refractivity contribution in [3.05, 3.63) is 0 Å². The molecule has 1 aliphatic heterocycles. The van der Waals surface area contributed by atoms with Gasteiger partial charge in [-0.15, -0.1) is 0 Å². The maximum atomic E-state index is 5.48. The Morgan fingerprint density at radius 1 is 1.50 bits per heavy atom. The molecule has 0 aliphatic carbocycles. The molecule has 1 heterocycles. The van der Waals surface area contributed by atoms with Crippen molar-refractivity contribution in [2.45, 2.75) is 33.2 Å². The normalized spacial score (nSPS) is 26.5. The molecule has 0 saturated carbocycles. The third-order valence-corrected chi connectivity index (χ3v) is 2.56. The molecule has 0 aromatic rings. The van der Waals surface area contributed by atoms with Crippen molar-refractivity contribution in [2.75, 3.05) is 26.3 Å². The van der Waals surface area contributed by atoms with Gasteiger partial charge >= 0.3 is 0 Å². The van der Waals surface area contributed by atoms with Crippen LogP contribution in [0.5, 0.6) is 0 Å². The average Bonchev–Trinajstić information content (AvgIpc) is 2.05. The minimum Gasteiger partial charge on any atom is -0.378 e. The fourth-order valence-corrected chi connectivity index (χ4v) is 1.84. The fourth-order valence-electron chi connectivity index (χ4n) is 1.84. The standard InChI is InChI=1S/C10H21NO/c1-4-5-11-6-7-12-8-10(11)9(2)3/h9-10H,4-8H2,1-3H3/t10-/m0/s1. The number of morpholine rings is 1. The van der Waals surface area contributed by atoms with E-state index in [1.165, 1.54) is 13.0 Å². The summed E-state index contributed by atoms with van der Waals surface area (Å²) < 4.78 is 5.48. The van der Waals surface area contributed by atoms with Crippen molar-refractivity contribution in [2.24, 2.45) is 5.92 Å². The van der Waals surface area contributed by atoms with E-state index in [2.05, 4.69) is 25.7 Å². The molecule has 1 saturated heterocycles. The van der Waals surface area contributed by atoms with Gasteiger partial charge in [-0.25, -0.2) is 0 Å². The van der Waals surface area contributed by atoms with Crippen molar-refractivity contribution in [3.63, 3.8) is 0 Å². The smallest absolute Gasteiger partial charge is 0.0624 e. The summed E-state index contributed by atoms with van der Waals surface area (Å²) in [4.78, 5) is 2.56. The summed E-state index contributed by atoms with van der Waals surface area (Å²) in [6.07, 6.45) is 1.25. The van der Waals surface area contributed by atoms with Gasteiger partial charge in [0.25, 0.3) is 0 Å². The topological polar surface area (TPSA) is 12.5 Å². The molecular formula is C10H21NO. The van der Waals surface area contributed by atoms with Crippen molar-refractivity contribution in [1.82, 2.24) is 4.90 Å². The van der Waals surface area contributed by atoms with Crippen molar-refractivity contribution < 1.29 is 4.74 Å². The molecule has 1 fully saturated rings. The summed E-state index contributed by atoms with van der Waals surface area (Å²) in [5.74, 6) is 0.719. The van der Waals surface area contributed by atoms with Gasteiger partial charge in [-0.3, -0.25) is 4.90 Å². The van der Waals surface area contributed by atoms with E-state index in [4.69, 9.17) is 4.74 Å². The first-order valence-corrected chi connectivity index (χ1v) is 5.07. The number of rotatable bonds is 3. The van der Waals surface area contributed by atoms with E-state index in [1.807, 2.05) is 0 Å². The Morgan fingerprint density at radius 3 is 2.83 bits per heavy atom. The first-order chi connectivity index (χ1) is 5.75. The van der Waals surface area contributed by atoms with Crippen LogP contribution in [-0.4, -0.2) is 37.2 Å². The summed E-state index contributed by atoms with van der Waals surface area (Å²) >= 11 is 0. The van der Waals surface area contributed by atoms with Gasteiger partial charge in [-0.2, -0.15) is 0 Å². The lowest BCUT2D eigenvalue weighted by atomic mass is 10.0. The molecule has 2 heteroatoms. The lowest BCUT2D eigenvalue weighted by molar-refractivity contribution is -0.0241. The second kappa shape index (κ2) is 4.83. The van der Waals surface area contributed by atoms with E-state index in [0.717, 1.165) is 25.7 Å². The first-order valence-electron chi connectivity index (χ1n) is 5.07. The highest BCUT2D eigenvalue weighted by Crippen LogP contribution is 2.15. The van der Waals surface area contributed by atoms with Gasteiger partial charge in [-0.1, -0.05) is 20.8 Å². The van der Waals surface area contributed by atoms with Crippen LogP contribution >= 0.6 is 0 Å². The summed E-state index contributed by atoms with van der Waals surface area (Å²) in [6, 6.07) is 0.652. The molecule has 0 spiro atoms. The Bertz CT molecular complexity index is 123. The van der Waals surface area contributed by atoms with Crippen LogP contribution in [0.3, 0.4) is 0 Å². The summed E-state index contributed by atoms with van der Waals surface area (Å²) in [5, 5.41) is 0. The third-order valence-electron chi connectivity index (χ3n) is 2.56. The lowest BCUT2D eigenvalue weighted by Crippen LogP contribution is -2.48. The van der Waals surface area contributed by atoms with E-state index in [0.29, 0.717) is 6.04 Å². The number of ether oxygens (including phenoxy) is 1. The van der Waals surface area contributed by atoms with Crippen molar-refractivity contribution in [1.29, 1.82) is 0 Å². The van der Waals surface area contributed by atoms with Gasteiger partial charge in [0.05, 0.1) is 13.2 Å². The second-order valence-corrected chi connectivity index (χ2v) is 3.92. The van der Waals surface area contributed by atoms with Crippen molar-refractivity contribution in [3.8, 4) is 0 Å². The molecule has 1 aliphatic rings. The number of hydrogen-bond acceptors (Lipinski definition) is 2. The molecular weight excluding hydrogens is 150 g/mol. The van der Waals surface area contributed by atoms with Gasteiger partial charge in [0.1, 0.15) is 0 Å². The Morgan fingerprint density at radius 2 is 2.25 bits per heavy atom. The Kier molecular flexibility index (Phi) is 4.02. The lowest BCUT2D eigenvalue weighted by Gasteiger charge is -2.37. The number of nitrogens with zero attached hydrogens (tertiary/aromatic N) is 1. The molecule has 0 aromatic heterocycles. The highest BCUT2D eigenvalue weighted by Gasteiger charge is 2.24. The van der Waals surface area contributed by atoms with E-state index in [-0.39, 0.29) is 0 Å². The largest absolute Gasteiger partial charge is 0.378 e. The van der Waals surface area contributed by atoms with Gasteiger partial charge in [0, 0.05) is 12.6 Å². The molecule has 12 heavy (non-hydrogen) atoms. The van der Waals surface area contributed by atoms with Gasteiger partial charge in [0.15, 0.2) is 0 Å². The monoisotopic (exact) mass is 171 g/mol. The molecule has 2 nitrogen and oxygen atoms in total. The summed E-state index contributed by atoms with van der Waals surface area (Å²) in [7, 11) is 0. The molecule has 72 valence electrons. The van der Waals surface area contributed by atoms with E-state index >= 15 is 0 Å². The van der Waals surface area contributed by atoms with Crippen LogP contribution in [0, 0.1) is 5.92 Å². The predicted octanol–water partition coefficient (Wildman–Crippen LogP) is 1.75. The predicted molar refractivity (Wildman–Crippen MR) is 51.3 cm³/mol. The van der Waals surface area contributed by atoms with Crippen LogP contribution in [0.2, 0.25) is 0 Å². The summed E-state index contributed by atoms with van der Waals surface area (Å²) in [6.45, 7) is 11.0. The molecule has 1 atom stereocenters. The van der Waals surface area contributed by atoms with Crippen LogP contribution in [0.25, 0.3) is 0 Å². The van der Waals surface area contributed by atoms with Crippen LogP contribution in [0.4, 0.5) is 0 Å². The zero-order chi connectivity index (χ0) is 8.97. The Balaban J connectivity index is 2.42. The first kappa shape index (κ1) is 10.0. The second-order valence-electron chi connectivity index (χ2n) is 3.92. The minimum atomic E-state index is 0.652. The quantitative estimate of drug-likeness (QED) is 0.641. The molecule has 0 amide bonds. The molecule has 0 radical (unpaired) electrons. The van der Waals surface area contributed by atoms with Gasteiger partial charge in [0.2, 0.25) is 0 Å². The van der Waals surface area contributed by atoms with E-state index < -0.39 is 0 Å². The van der Waals surface area contributed by atoms with E-state index in [1.54, 1.807) is 0 Å². The third kappa shape index (κ3) is 2.46. The Labute approximate surface area is 75.9 Å². The highest BCUT2D eigenvalue weighted by molar-refractivity contribution is 4.77. The minimum absolute atomic E-state index is 0.652. The van der Waals surface area contributed by atoms with Crippen LogP contribution in [-0.2, 0) is 4.74 Å². The zero-order valence-electron chi connectivity index (χ0n) is 8.55. The molecule has 0 bridgehead atoms. The van der Waals surface area contributed by atoms with Gasteiger partial charge < -0.3 is 4.74 Å². The average molecular weight is 171 g/mol. The number of hydrogen-bond donors (Lipinski definition) is 0. The van der Waals surface area contributed by atoms with Crippen LogP contribution < -0.4 is 0 Å². The molecule has 1 rings (SSSR count). The molecule has 0 aromatic carbocycles. The molecule has 0 unspecified atom stereocenters. The summed E-state index contributed by atoms with van der Waals surface area (Å²) in [5.41, 5.74) is 0. The fraction of sp³-hybridized carbons (Fsp3) is 1.00. The van der Waals surface area contributed by atoms with E-state index in [9.17, 15) is 0 Å². The Hall–Kier alpha value is -0.0800. The maximum Gasteiger partial charge on any atom is 0.0624 e. The zero-order valence-corrected chi connectivity index (χ0v) is 8.55. The maximum absolute atomic E-state index is 5.48. The highest BCUT2D eigenvalue weighted by atomic mass is 16.5.